The van der Waals surface area contributed by atoms with Gasteiger partial charge in [0.15, 0.2) is 0 Å². The van der Waals surface area contributed by atoms with Crippen LogP contribution < -0.4 is 10.6 Å². The van der Waals surface area contributed by atoms with Crippen LogP contribution in [-0.4, -0.2) is 41.5 Å². The topological polar surface area (TPSA) is 87.7 Å². The molecule has 7 heteroatoms. The Hall–Kier alpha value is -4.31. The van der Waals surface area contributed by atoms with Gasteiger partial charge in [0.25, 0.3) is 5.91 Å². The number of benzene rings is 3. The maximum absolute atomic E-state index is 14.0. The molecule has 0 saturated carbocycles. The highest BCUT2D eigenvalue weighted by Crippen LogP contribution is 2.26. The quantitative estimate of drug-likeness (QED) is 0.190. The minimum Gasteiger partial charge on any atom is -0.444 e. The molecule has 3 aromatic rings. The number of ether oxygens (including phenoxy) is 1. The molecule has 2 N–H and O–H groups in total. The van der Waals surface area contributed by atoms with Crippen molar-refractivity contribution in [1.82, 2.24) is 10.2 Å². The zero-order valence-electron chi connectivity index (χ0n) is 24.5. The van der Waals surface area contributed by atoms with Crippen LogP contribution >= 0.6 is 0 Å². The first-order valence-electron chi connectivity index (χ1n) is 14.2. The third kappa shape index (κ3) is 9.68. The zero-order valence-corrected chi connectivity index (χ0v) is 24.5. The van der Waals surface area contributed by atoms with Crippen molar-refractivity contribution < 1.29 is 19.1 Å². The molecule has 216 valence electrons. The first-order chi connectivity index (χ1) is 19.6. The van der Waals surface area contributed by atoms with Gasteiger partial charge in [0, 0.05) is 17.8 Å². The summed E-state index contributed by atoms with van der Waals surface area (Å²) in [7, 11) is 0. The monoisotopic (exact) mass is 555 g/mol. The molecule has 0 saturated heterocycles. The Balaban J connectivity index is 1.91. The molecule has 0 spiro atoms. The number of carbonyl (C=O) groups is 3. The van der Waals surface area contributed by atoms with Gasteiger partial charge in [-0.3, -0.25) is 9.59 Å². The number of nitrogens with one attached hydrogen (secondary N) is 2. The fraction of sp³-hybridized carbons (Fsp3) is 0.382. The third-order valence-corrected chi connectivity index (χ3v) is 6.58. The molecule has 0 radical (unpaired) electrons. The molecule has 0 aromatic heterocycles. The third-order valence-electron chi connectivity index (χ3n) is 6.58. The molecular formula is C34H41N3O4. The summed E-state index contributed by atoms with van der Waals surface area (Å²) in [4.78, 5) is 41.5. The number of terminal acetylenes is 1. The summed E-state index contributed by atoms with van der Waals surface area (Å²) in [5.74, 6) is 1.86. The van der Waals surface area contributed by atoms with Crippen molar-refractivity contribution >= 4 is 34.4 Å². The van der Waals surface area contributed by atoms with Crippen molar-refractivity contribution in [2.45, 2.75) is 71.4 Å². The number of hydrogen-bond donors (Lipinski definition) is 2. The Kier molecular flexibility index (Phi) is 11.3. The first kappa shape index (κ1) is 31.2. The lowest BCUT2D eigenvalue weighted by Gasteiger charge is -2.32. The van der Waals surface area contributed by atoms with Gasteiger partial charge in [-0.15, -0.1) is 6.42 Å². The van der Waals surface area contributed by atoms with Crippen molar-refractivity contribution in [2.24, 2.45) is 0 Å². The lowest BCUT2D eigenvalue weighted by Crippen LogP contribution is -2.47. The van der Waals surface area contributed by atoms with Crippen LogP contribution in [-0.2, 0) is 14.3 Å². The number of amides is 3. The number of hydrogen-bond acceptors (Lipinski definition) is 4. The van der Waals surface area contributed by atoms with E-state index in [0.717, 1.165) is 42.9 Å². The van der Waals surface area contributed by atoms with Crippen molar-refractivity contribution in [3.63, 3.8) is 0 Å². The number of nitrogens with zero attached hydrogens (tertiary/aromatic N) is 1. The molecule has 7 nitrogen and oxygen atoms in total. The smallest absolute Gasteiger partial charge is 0.408 e. The number of fused-ring (bicyclic) bond motifs is 1. The van der Waals surface area contributed by atoms with Crippen LogP contribution in [0, 0.1) is 12.3 Å². The molecule has 0 aliphatic carbocycles. The second kappa shape index (κ2) is 14.9. The van der Waals surface area contributed by atoms with E-state index >= 15 is 0 Å². The van der Waals surface area contributed by atoms with Crippen LogP contribution in [0.1, 0.15) is 77.0 Å². The molecule has 0 bridgehead atoms. The van der Waals surface area contributed by atoms with E-state index in [1.165, 1.54) is 0 Å². The zero-order chi connectivity index (χ0) is 29.8. The fourth-order valence-corrected chi connectivity index (χ4v) is 4.56. The summed E-state index contributed by atoms with van der Waals surface area (Å²) >= 11 is 0. The molecule has 3 amide bonds. The van der Waals surface area contributed by atoms with E-state index < -0.39 is 17.7 Å². The highest BCUT2D eigenvalue weighted by molar-refractivity contribution is 6.00. The minimum atomic E-state index is -0.938. The van der Waals surface area contributed by atoms with Crippen molar-refractivity contribution in [1.29, 1.82) is 0 Å². The summed E-state index contributed by atoms with van der Waals surface area (Å²) in [5, 5.41) is 7.62. The van der Waals surface area contributed by atoms with Crippen LogP contribution in [0.15, 0.2) is 66.7 Å². The summed E-state index contributed by atoms with van der Waals surface area (Å²) in [5.41, 5.74) is 1.22. The predicted octanol–water partition coefficient (Wildman–Crippen LogP) is 6.82. The van der Waals surface area contributed by atoms with E-state index in [1.54, 1.807) is 49.9 Å². The van der Waals surface area contributed by atoms with Gasteiger partial charge in [0.1, 0.15) is 18.2 Å². The van der Waals surface area contributed by atoms with Gasteiger partial charge in [0.05, 0.1) is 0 Å². The Morgan fingerprint density at radius 3 is 2.27 bits per heavy atom. The van der Waals surface area contributed by atoms with Crippen molar-refractivity contribution in [2.75, 3.05) is 18.4 Å². The average Bonchev–Trinajstić information content (AvgIpc) is 2.94. The number of rotatable bonds is 12. The van der Waals surface area contributed by atoms with Gasteiger partial charge in [-0.05, 0) is 67.8 Å². The van der Waals surface area contributed by atoms with E-state index in [9.17, 15) is 14.4 Å². The number of anilines is 1. The average molecular weight is 556 g/mol. The number of carbonyl (C=O) groups excluding carboxylic acids is 3. The molecular weight excluding hydrogens is 514 g/mol. The largest absolute Gasteiger partial charge is 0.444 e. The Morgan fingerprint density at radius 2 is 1.61 bits per heavy atom. The normalized spacial score (nSPS) is 11.8. The lowest BCUT2D eigenvalue weighted by atomic mass is 10.0. The van der Waals surface area contributed by atoms with Crippen LogP contribution in [0.2, 0.25) is 0 Å². The van der Waals surface area contributed by atoms with Gasteiger partial charge in [-0.1, -0.05) is 81.0 Å². The summed E-state index contributed by atoms with van der Waals surface area (Å²) < 4.78 is 5.31. The van der Waals surface area contributed by atoms with E-state index in [-0.39, 0.29) is 18.4 Å². The van der Waals surface area contributed by atoms with Gasteiger partial charge >= 0.3 is 6.09 Å². The standard InChI is InChI=1S/C34H41N3O4/c1-6-8-9-10-13-22-37(30(38)24-35-33(40)41-34(3,4)5)31(27-18-16-25(7-2)17-19-27)32(39)36-29-21-20-26-14-11-12-15-28(26)23-29/h2,11-12,14-21,23,31H,6,8-10,13,22,24H2,1,3-5H3,(H,35,40)(H,36,39). The fourth-order valence-electron chi connectivity index (χ4n) is 4.56. The molecule has 3 rings (SSSR count). The highest BCUT2D eigenvalue weighted by Gasteiger charge is 2.32. The molecule has 0 aliphatic rings. The maximum atomic E-state index is 14.0. The van der Waals surface area contributed by atoms with E-state index in [2.05, 4.69) is 23.5 Å². The number of unbranched alkanes of at least 4 members (excludes halogenated alkanes) is 4. The van der Waals surface area contributed by atoms with Crippen LogP contribution in [0.25, 0.3) is 10.8 Å². The minimum absolute atomic E-state index is 0.300. The lowest BCUT2D eigenvalue weighted by molar-refractivity contribution is -0.138. The Morgan fingerprint density at radius 1 is 0.927 bits per heavy atom. The van der Waals surface area contributed by atoms with Crippen LogP contribution in [0.4, 0.5) is 10.5 Å². The van der Waals surface area contributed by atoms with Gasteiger partial charge in [-0.25, -0.2) is 4.79 Å². The Labute approximate surface area is 243 Å². The molecule has 1 atom stereocenters. The maximum Gasteiger partial charge on any atom is 0.408 e. The summed E-state index contributed by atoms with van der Waals surface area (Å²) in [6, 6.07) is 19.7. The first-order valence-corrected chi connectivity index (χ1v) is 14.2. The highest BCUT2D eigenvalue weighted by atomic mass is 16.6. The van der Waals surface area contributed by atoms with Crippen molar-refractivity contribution in [3.8, 4) is 12.3 Å². The van der Waals surface area contributed by atoms with Crippen molar-refractivity contribution in [3.05, 3.63) is 77.9 Å². The van der Waals surface area contributed by atoms with Gasteiger partial charge in [0.2, 0.25) is 5.91 Å². The van der Waals surface area contributed by atoms with Gasteiger partial charge in [-0.2, -0.15) is 0 Å². The molecule has 41 heavy (non-hydrogen) atoms. The molecule has 3 aromatic carbocycles. The SMILES string of the molecule is C#Cc1ccc(C(C(=O)Nc2ccc3ccccc3c2)N(CCCCCCC)C(=O)CNC(=O)OC(C)(C)C)cc1. The Bertz CT molecular complexity index is 1370. The second-order valence-corrected chi connectivity index (χ2v) is 11.1. The van der Waals surface area contributed by atoms with Crippen LogP contribution in [0.5, 0.6) is 0 Å². The summed E-state index contributed by atoms with van der Waals surface area (Å²) in [6.07, 6.45) is 9.76. The van der Waals surface area contributed by atoms with Crippen LogP contribution in [0.3, 0.4) is 0 Å². The van der Waals surface area contributed by atoms with E-state index in [0.29, 0.717) is 23.4 Å². The molecule has 0 fully saturated rings. The second-order valence-electron chi connectivity index (χ2n) is 11.1. The van der Waals surface area contributed by atoms with E-state index in [1.807, 2.05) is 42.5 Å². The van der Waals surface area contributed by atoms with Gasteiger partial charge < -0.3 is 20.3 Å². The van der Waals surface area contributed by atoms with E-state index in [4.69, 9.17) is 11.2 Å². The molecule has 0 aliphatic heterocycles. The number of alkyl carbamates (subject to hydrolysis) is 1. The molecule has 0 heterocycles. The summed E-state index contributed by atoms with van der Waals surface area (Å²) in [6.45, 7) is 7.46. The molecule has 1 unspecified atom stereocenters. The predicted molar refractivity (Wildman–Crippen MR) is 164 cm³/mol.